The van der Waals surface area contributed by atoms with Gasteiger partial charge in [0.2, 0.25) is 0 Å². The van der Waals surface area contributed by atoms with Gasteiger partial charge in [-0.1, -0.05) is 0 Å². The average Bonchev–Trinajstić information content (AvgIpc) is 2.25. The Balaban J connectivity index is 2.36. The molecule has 0 aromatic heterocycles. The minimum atomic E-state index is -4.81. The zero-order chi connectivity index (χ0) is 15.1. The van der Waals surface area contributed by atoms with Crippen molar-refractivity contribution in [1.29, 1.82) is 0 Å². The third-order valence-electron chi connectivity index (χ3n) is 3.42. The van der Waals surface area contributed by atoms with E-state index >= 15 is 0 Å². The van der Waals surface area contributed by atoms with E-state index in [4.69, 9.17) is 5.11 Å². The zero-order valence-electron chi connectivity index (χ0n) is 10.2. The van der Waals surface area contributed by atoms with Crippen molar-refractivity contribution in [3.63, 3.8) is 0 Å². The predicted molar refractivity (Wildman–Crippen MR) is 62.2 cm³/mol. The van der Waals surface area contributed by atoms with Gasteiger partial charge in [-0.15, -0.1) is 0 Å². The van der Waals surface area contributed by atoms with Crippen LogP contribution in [-0.2, 0) is 16.0 Å². The Morgan fingerprint density at radius 3 is 2.30 bits per heavy atom. The normalized spacial score (nSPS) is 23.4. The molecular weight excluding hydrogens is 300 g/mol. The van der Waals surface area contributed by atoms with Crippen LogP contribution in [0.15, 0.2) is 23.1 Å². The summed E-state index contributed by atoms with van der Waals surface area (Å²) in [5.74, 6) is -1.40. The summed E-state index contributed by atoms with van der Waals surface area (Å²) >= 11 is 0. The Bertz CT molecular complexity index is 604. The molecule has 2 rings (SSSR count). The van der Waals surface area contributed by atoms with Gasteiger partial charge < -0.3 is 5.11 Å². The zero-order valence-corrected chi connectivity index (χ0v) is 11.0. The first-order valence-electron chi connectivity index (χ1n) is 5.87. The highest BCUT2D eigenvalue weighted by Gasteiger charge is 2.40. The first kappa shape index (κ1) is 15.2. The SMILES string of the molecule is O=S(=O)(c1cc(F)cc(C(F)(F)F)c1)[C@H]1C[C@H](CO)C1. The first-order chi connectivity index (χ1) is 9.14. The maximum Gasteiger partial charge on any atom is 0.416 e. The standard InChI is InChI=1S/C12H12F4O3S/c13-9-3-8(12(14,15)16)4-11(5-9)20(18,19)10-1-7(2-10)6-17/h3-5,7,10,17H,1-2,6H2/t7-,10-. The monoisotopic (exact) mass is 312 g/mol. The van der Waals surface area contributed by atoms with Gasteiger partial charge in [-0.05, 0) is 37.0 Å². The van der Waals surface area contributed by atoms with Gasteiger partial charge in [-0.2, -0.15) is 13.2 Å². The van der Waals surface area contributed by atoms with Gasteiger partial charge >= 0.3 is 6.18 Å². The van der Waals surface area contributed by atoms with Crippen molar-refractivity contribution < 1.29 is 31.1 Å². The van der Waals surface area contributed by atoms with E-state index in [1.54, 1.807) is 0 Å². The molecule has 0 bridgehead atoms. The molecule has 0 spiro atoms. The highest BCUT2D eigenvalue weighted by molar-refractivity contribution is 7.92. The molecule has 8 heteroatoms. The molecule has 0 aliphatic heterocycles. The first-order valence-corrected chi connectivity index (χ1v) is 7.41. The van der Waals surface area contributed by atoms with Gasteiger partial charge in [-0.3, -0.25) is 0 Å². The molecule has 1 aromatic carbocycles. The molecule has 20 heavy (non-hydrogen) atoms. The number of aliphatic hydroxyl groups is 1. The van der Waals surface area contributed by atoms with E-state index in [-0.39, 0.29) is 31.4 Å². The minimum absolute atomic E-state index is 0.162. The van der Waals surface area contributed by atoms with E-state index in [1.165, 1.54) is 0 Å². The van der Waals surface area contributed by atoms with E-state index in [0.29, 0.717) is 12.1 Å². The van der Waals surface area contributed by atoms with E-state index in [0.717, 1.165) is 0 Å². The Labute approximate surface area is 113 Å². The highest BCUT2D eigenvalue weighted by atomic mass is 32.2. The van der Waals surface area contributed by atoms with Gasteiger partial charge in [0.25, 0.3) is 0 Å². The molecule has 0 amide bonds. The fraction of sp³-hybridized carbons (Fsp3) is 0.500. The second kappa shape index (κ2) is 5.00. The molecule has 1 saturated carbocycles. The van der Waals surface area contributed by atoms with Crippen LogP contribution in [0.3, 0.4) is 0 Å². The Kier molecular flexibility index (Phi) is 3.81. The number of alkyl halides is 3. The van der Waals surface area contributed by atoms with Crippen LogP contribution in [-0.4, -0.2) is 25.4 Å². The molecular formula is C12H12F4O3S. The summed E-state index contributed by atoms with van der Waals surface area (Å²) in [6.45, 7) is -0.164. The Morgan fingerprint density at radius 2 is 1.80 bits per heavy atom. The van der Waals surface area contributed by atoms with Crippen LogP contribution in [0.4, 0.5) is 17.6 Å². The smallest absolute Gasteiger partial charge is 0.396 e. The van der Waals surface area contributed by atoms with Crippen molar-refractivity contribution in [2.24, 2.45) is 5.92 Å². The van der Waals surface area contributed by atoms with Crippen LogP contribution < -0.4 is 0 Å². The number of rotatable bonds is 3. The van der Waals surface area contributed by atoms with Crippen LogP contribution in [0.2, 0.25) is 0 Å². The van der Waals surface area contributed by atoms with Crippen molar-refractivity contribution in [3.8, 4) is 0 Å². The van der Waals surface area contributed by atoms with Crippen LogP contribution in [0.1, 0.15) is 18.4 Å². The Morgan fingerprint density at radius 1 is 1.20 bits per heavy atom. The lowest BCUT2D eigenvalue weighted by molar-refractivity contribution is -0.137. The number of sulfone groups is 1. The quantitative estimate of drug-likeness (QED) is 0.872. The number of hydrogen-bond acceptors (Lipinski definition) is 3. The molecule has 0 saturated heterocycles. The summed E-state index contributed by atoms with van der Waals surface area (Å²) in [6, 6.07) is 1.30. The molecule has 1 fully saturated rings. The lowest BCUT2D eigenvalue weighted by Gasteiger charge is -2.33. The van der Waals surface area contributed by atoms with E-state index in [1.807, 2.05) is 0 Å². The summed E-state index contributed by atoms with van der Waals surface area (Å²) < 4.78 is 75.1. The molecule has 0 heterocycles. The van der Waals surface area contributed by atoms with Gasteiger partial charge in [0.15, 0.2) is 9.84 Å². The van der Waals surface area contributed by atoms with Crippen LogP contribution in [0, 0.1) is 11.7 Å². The van der Waals surface area contributed by atoms with Gasteiger partial charge in [0, 0.05) is 6.61 Å². The average molecular weight is 312 g/mol. The summed E-state index contributed by atoms with van der Waals surface area (Å²) in [4.78, 5) is -0.661. The fourth-order valence-corrected chi connectivity index (χ4v) is 4.16. The maximum absolute atomic E-state index is 13.2. The van der Waals surface area contributed by atoms with Crippen LogP contribution in [0.25, 0.3) is 0 Å². The van der Waals surface area contributed by atoms with E-state index in [9.17, 15) is 26.0 Å². The predicted octanol–water partition coefficient (Wildman–Crippen LogP) is 2.39. The summed E-state index contributed by atoms with van der Waals surface area (Å²) in [6.07, 6.45) is -4.45. The molecule has 1 aromatic rings. The van der Waals surface area contributed by atoms with E-state index in [2.05, 4.69) is 0 Å². The third-order valence-corrected chi connectivity index (χ3v) is 5.57. The van der Waals surface area contributed by atoms with Crippen LogP contribution >= 0.6 is 0 Å². The molecule has 0 unspecified atom stereocenters. The third kappa shape index (κ3) is 2.80. The number of halogens is 4. The Hall–Kier alpha value is -1.15. The van der Waals surface area contributed by atoms with Crippen molar-refractivity contribution in [2.75, 3.05) is 6.61 Å². The van der Waals surface area contributed by atoms with Crippen LogP contribution in [0.5, 0.6) is 0 Å². The van der Waals surface area contributed by atoms with E-state index < -0.39 is 37.5 Å². The highest BCUT2D eigenvalue weighted by Crippen LogP contribution is 2.38. The molecule has 112 valence electrons. The molecule has 3 nitrogen and oxygen atoms in total. The second-order valence-electron chi connectivity index (χ2n) is 4.86. The lowest BCUT2D eigenvalue weighted by Crippen LogP contribution is -2.37. The topological polar surface area (TPSA) is 54.4 Å². The van der Waals surface area contributed by atoms with Crippen molar-refractivity contribution in [2.45, 2.75) is 29.2 Å². The second-order valence-corrected chi connectivity index (χ2v) is 7.09. The van der Waals surface area contributed by atoms with Gasteiger partial charge in [-0.25, -0.2) is 12.8 Å². The molecule has 1 aliphatic rings. The van der Waals surface area contributed by atoms with Crippen molar-refractivity contribution in [3.05, 3.63) is 29.6 Å². The lowest BCUT2D eigenvalue weighted by atomic mass is 9.86. The molecule has 0 radical (unpaired) electrons. The summed E-state index contributed by atoms with van der Waals surface area (Å²) in [5.41, 5.74) is -1.32. The summed E-state index contributed by atoms with van der Waals surface area (Å²) in [7, 11) is -4.00. The number of benzene rings is 1. The van der Waals surface area contributed by atoms with Crippen molar-refractivity contribution >= 4 is 9.84 Å². The molecule has 0 atom stereocenters. The van der Waals surface area contributed by atoms with Gasteiger partial charge in [0.05, 0.1) is 15.7 Å². The number of aliphatic hydroxyl groups excluding tert-OH is 1. The van der Waals surface area contributed by atoms with Crippen molar-refractivity contribution in [1.82, 2.24) is 0 Å². The number of hydrogen-bond donors (Lipinski definition) is 1. The minimum Gasteiger partial charge on any atom is -0.396 e. The van der Waals surface area contributed by atoms with Gasteiger partial charge in [0.1, 0.15) is 5.82 Å². The molecule has 1 aliphatic carbocycles. The summed E-state index contributed by atoms with van der Waals surface area (Å²) in [5, 5.41) is 7.97. The fourth-order valence-electron chi connectivity index (χ4n) is 2.16. The maximum atomic E-state index is 13.2. The largest absolute Gasteiger partial charge is 0.416 e. The molecule has 1 N–H and O–H groups in total.